The van der Waals surface area contributed by atoms with Crippen molar-refractivity contribution in [3.8, 4) is 5.75 Å². The second kappa shape index (κ2) is 7.99. The topological polar surface area (TPSA) is 59.0 Å². The summed E-state index contributed by atoms with van der Waals surface area (Å²) in [5.74, 6) is 0.853. The van der Waals surface area contributed by atoms with Gasteiger partial charge in [0.25, 0.3) is 5.91 Å². The lowest BCUT2D eigenvalue weighted by Crippen LogP contribution is -2.53. The minimum atomic E-state index is -0.328. The highest BCUT2D eigenvalue weighted by atomic mass is 16.5. The van der Waals surface area contributed by atoms with E-state index in [1.807, 2.05) is 29.2 Å². The van der Waals surface area contributed by atoms with Crippen LogP contribution >= 0.6 is 0 Å². The summed E-state index contributed by atoms with van der Waals surface area (Å²) >= 11 is 0. The Morgan fingerprint density at radius 3 is 3.04 bits per heavy atom. The lowest BCUT2D eigenvalue weighted by molar-refractivity contribution is -0.0383. The van der Waals surface area contributed by atoms with Gasteiger partial charge in [0.1, 0.15) is 5.75 Å². The minimum absolute atomic E-state index is 0.00403. The van der Waals surface area contributed by atoms with Crippen LogP contribution in [0.25, 0.3) is 0 Å². The third-order valence-electron chi connectivity index (χ3n) is 5.01. The molecule has 2 fully saturated rings. The van der Waals surface area contributed by atoms with Crippen LogP contribution in [0.15, 0.2) is 24.3 Å². The van der Waals surface area contributed by atoms with Gasteiger partial charge < -0.3 is 19.5 Å². The second-order valence-corrected chi connectivity index (χ2v) is 6.68. The number of amides is 1. The molecule has 1 saturated carbocycles. The molecular formula is C19H27NO4. The smallest absolute Gasteiger partial charge is 0.254 e. The van der Waals surface area contributed by atoms with Gasteiger partial charge in [-0.05, 0) is 37.5 Å². The maximum absolute atomic E-state index is 13.0. The Hall–Kier alpha value is -1.59. The molecule has 0 unspecified atom stereocenters. The Morgan fingerprint density at radius 2 is 2.29 bits per heavy atom. The van der Waals surface area contributed by atoms with Crippen molar-refractivity contribution >= 4 is 5.91 Å². The normalized spacial score (nSPS) is 27.2. The third kappa shape index (κ3) is 3.73. The molecule has 0 spiro atoms. The van der Waals surface area contributed by atoms with E-state index in [1.165, 1.54) is 0 Å². The molecule has 1 N–H and O–H groups in total. The van der Waals surface area contributed by atoms with Gasteiger partial charge in [0.05, 0.1) is 32.0 Å². The summed E-state index contributed by atoms with van der Waals surface area (Å²) in [5, 5.41) is 10.2. The van der Waals surface area contributed by atoms with Gasteiger partial charge in [-0.1, -0.05) is 19.4 Å². The standard InChI is InChI=1S/C19H27NO4/c1-2-10-24-15-6-3-5-14(12-15)19(22)20-9-11-23-13-17(20)16-7-4-8-18(16)21/h3,5-6,12,16-18,21H,2,4,7-11,13H2,1H3/t16-,17-,18+/m1/s1. The Bertz CT molecular complexity index is 562. The predicted molar refractivity (Wildman–Crippen MR) is 91.2 cm³/mol. The number of benzene rings is 1. The van der Waals surface area contributed by atoms with E-state index in [4.69, 9.17) is 9.47 Å². The molecular weight excluding hydrogens is 306 g/mol. The zero-order valence-electron chi connectivity index (χ0n) is 14.3. The molecule has 3 rings (SSSR count). The summed E-state index contributed by atoms with van der Waals surface area (Å²) in [6.45, 7) is 4.34. The van der Waals surface area contributed by atoms with Gasteiger partial charge >= 0.3 is 0 Å². The molecule has 1 amide bonds. The number of carbonyl (C=O) groups is 1. The average Bonchev–Trinajstić information content (AvgIpc) is 3.05. The first kappa shape index (κ1) is 17.2. The van der Waals surface area contributed by atoms with Crippen LogP contribution in [0.4, 0.5) is 0 Å². The number of carbonyl (C=O) groups excluding carboxylic acids is 1. The minimum Gasteiger partial charge on any atom is -0.494 e. The third-order valence-corrected chi connectivity index (χ3v) is 5.01. The number of nitrogens with zero attached hydrogens (tertiary/aromatic N) is 1. The fourth-order valence-electron chi connectivity index (χ4n) is 3.75. The largest absolute Gasteiger partial charge is 0.494 e. The molecule has 24 heavy (non-hydrogen) atoms. The van der Waals surface area contributed by atoms with Crippen LogP contribution in [-0.4, -0.2) is 54.4 Å². The van der Waals surface area contributed by atoms with Crippen LogP contribution in [0, 0.1) is 5.92 Å². The van der Waals surface area contributed by atoms with Crippen molar-refractivity contribution in [2.75, 3.05) is 26.4 Å². The number of ether oxygens (including phenoxy) is 2. The van der Waals surface area contributed by atoms with Gasteiger partial charge in [0, 0.05) is 18.0 Å². The lowest BCUT2D eigenvalue weighted by Gasteiger charge is -2.40. The molecule has 1 aliphatic carbocycles. The molecule has 132 valence electrons. The molecule has 0 radical (unpaired) electrons. The molecule has 1 saturated heterocycles. The van der Waals surface area contributed by atoms with Crippen LogP contribution in [0.5, 0.6) is 5.75 Å². The zero-order chi connectivity index (χ0) is 16.9. The highest BCUT2D eigenvalue weighted by Crippen LogP contribution is 2.33. The number of hydrogen-bond donors (Lipinski definition) is 1. The van der Waals surface area contributed by atoms with Crippen LogP contribution in [-0.2, 0) is 4.74 Å². The molecule has 1 aliphatic heterocycles. The van der Waals surface area contributed by atoms with Crippen molar-refractivity contribution in [1.29, 1.82) is 0 Å². The van der Waals surface area contributed by atoms with E-state index in [-0.39, 0.29) is 24.0 Å². The van der Waals surface area contributed by atoms with Crippen LogP contribution < -0.4 is 4.74 Å². The zero-order valence-corrected chi connectivity index (χ0v) is 14.3. The van der Waals surface area contributed by atoms with E-state index in [0.717, 1.165) is 31.4 Å². The average molecular weight is 333 g/mol. The van der Waals surface area contributed by atoms with E-state index in [1.54, 1.807) is 0 Å². The van der Waals surface area contributed by atoms with E-state index in [9.17, 15) is 9.90 Å². The first-order chi connectivity index (χ1) is 11.7. The fourth-order valence-corrected chi connectivity index (χ4v) is 3.75. The van der Waals surface area contributed by atoms with Crippen molar-refractivity contribution in [3.05, 3.63) is 29.8 Å². The van der Waals surface area contributed by atoms with Crippen molar-refractivity contribution in [2.24, 2.45) is 5.92 Å². The summed E-state index contributed by atoms with van der Waals surface area (Å²) in [6.07, 6.45) is 3.40. The summed E-state index contributed by atoms with van der Waals surface area (Å²) in [7, 11) is 0. The van der Waals surface area contributed by atoms with Gasteiger partial charge in [-0.3, -0.25) is 4.79 Å². The van der Waals surface area contributed by atoms with Crippen LogP contribution in [0.2, 0.25) is 0 Å². The van der Waals surface area contributed by atoms with Gasteiger partial charge in [-0.15, -0.1) is 0 Å². The Balaban J connectivity index is 1.76. The maximum Gasteiger partial charge on any atom is 0.254 e. The summed E-state index contributed by atoms with van der Waals surface area (Å²) < 4.78 is 11.2. The number of rotatable bonds is 5. The van der Waals surface area contributed by atoms with Crippen molar-refractivity contribution < 1.29 is 19.4 Å². The first-order valence-corrected chi connectivity index (χ1v) is 9.00. The summed E-state index contributed by atoms with van der Waals surface area (Å²) in [4.78, 5) is 14.9. The van der Waals surface area contributed by atoms with Gasteiger partial charge in [0.2, 0.25) is 0 Å². The monoisotopic (exact) mass is 333 g/mol. The van der Waals surface area contributed by atoms with E-state index in [2.05, 4.69) is 6.92 Å². The molecule has 3 atom stereocenters. The summed E-state index contributed by atoms with van der Waals surface area (Å²) in [6, 6.07) is 7.35. The molecule has 5 heteroatoms. The van der Waals surface area contributed by atoms with E-state index < -0.39 is 0 Å². The van der Waals surface area contributed by atoms with Gasteiger partial charge in [-0.2, -0.15) is 0 Å². The predicted octanol–water partition coefficient (Wildman–Crippen LogP) is 2.48. The highest BCUT2D eigenvalue weighted by molar-refractivity contribution is 5.95. The van der Waals surface area contributed by atoms with E-state index in [0.29, 0.717) is 31.9 Å². The molecule has 5 nitrogen and oxygen atoms in total. The van der Waals surface area contributed by atoms with Gasteiger partial charge in [0.15, 0.2) is 0 Å². The quantitative estimate of drug-likeness (QED) is 0.899. The number of aliphatic hydroxyl groups excluding tert-OH is 1. The molecule has 1 heterocycles. The maximum atomic E-state index is 13.0. The van der Waals surface area contributed by atoms with Gasteiger partial charge in [-0.25, -0.2) is 0 Å². The van der Waals surface area contributed by atoms with Crippen LogP contribution in [0.1, 0.15) is 43.0 Å². The van der Waals surface area contributed by atoms with Crippen molar-refractivity contribution in [2.45, 2.75) is 44.8 Å². The molecule has 0 aromatic heterocycles. The van der Waals surface area contributed by atoms with E-state index >= 15 is 0 Å². The molecule has 2 aliphatic rings. The van der Waals surface area contributed by atoms with Crippen molar-refractivity contribution in [1.82, 2.24) is 4.90 Å². The lowest BCUT2D eigenvalue weighted by atomic mass is 9.93. The fraction of sp³-hybridized carbons (Fsp3) is 0.632. The number of aliphatic hydroxyl groups is 1. The Kier molecular flexibility index (Phi) is 5.74. The molecule has 1 aromatic carbocycles. The molecule has 1 aromatic rings. The second-order valence-electron chi connectivity index (χ2n) is 6.68. The van der Waals surface area contributed by atoms with Crippen LogP contribution in [0.3, 0.4) is 0 Å². The number of hydrogen-bond acceptors (Lipinski definition) is 4. The SMILES string of the molecule is CCCOc1cccc(C(=O)N2CCOC[C@@H]2[C@H]2CCC[C@@H]2O)c1. The van der Waals surface area contributed by atoms with Crippen molar-refractivity contribution in [3.63, 3.8) is 0 Å². The highest BCUT2D eigenvalue weighted by Gasteiger charge is 2.39. The Labute approximate surface area is 143 Å². The number of morpholine rings is 1. The summed E-state index contributed by atoms with van der Waals surface area (Å²) in [5.41, 5.74) is 0.642. The molecule has 0 bridgehead atoms. The first-order valence-electron chi connectivity index (χ1n) is 9.00. The Morgan fingerprint density at radius 1 is 1.42 bits per heavy atom.